The minimum atomic E-state index is -0.408. The van der Waals surface area contributed by atoms with Crippen LogP contribution in [0.25, 0.3) is 0 Å². The largest absolute Gasteiger partial charge is 0.472 e. The topological polar surface area (TPSA) is 84.2 Å². The summed E-state index contributed by atoms with van der Waals surface area (Å²) >= 11 is 5.15. The average Bonchev–Trinajstić information content (AvgIpc) is 3.39. The fourth-order valence-electron chi connectivity index (χ4n) is 7.03. The van der Waals surface area contributed by atoms with Gasteiger partial charge in [-0.3, -0.25) is 9.59 Å². The van der Waals surface area contributed by atoms with Gasteiger partial charge in [-0.1, -0.05) is 6.92 Å². The van der Waals surface area contributed by atoms with Crippen LogP contribution in [0.3, 0.4) is 0 Å². The Labute approximate surface area is 173 Å². The minimum Gasteiger partial charge on any atom is -0.472 e. The van der Waals surface area contributed by atoms with E-state index in [1.54, 1.807) is 12.5 Å². The van der Waals surface area contributed by atoms with Gasteiger partial charge in [-0.05, 0) is 43.1 Å². The summed E-state index contributed by atoms with van der Waals surface area (Å²) in [7, 11) is 0. The van der Waals surface area contributed by atoms with Gasteiger partial charge < -0.3 is 23.4 Å². The number of ether oxygens (including phenoxy) is 4. The van der Waals surface area contributed by atoms with Crippen LogP contribution in [0.5, 0.6) is 0 Å². The molecule has 3 aliphatic heterocycles. The third-order valence-corrected chi connectivity index (χ3v) is 8.46. The highest BCUT2D eigenvalue weighted by Gasteiger charge is 2.72. The molecule has 0 radical (unpaired) electrons. The molecule has 3 saturated heterocycles. The van der Waals surface area contributed by atoms with E-state index in [2.05, 4.69) is 6.92 Å². The second-order valence-corrected chi connectivity index (χ2v) is 9.71. The van der Waals surface area contributed by atoms with Crippen molar-refractivity contribution in [1.29, 1.82) is 0 Å². The molecule has 0 N–H and O–H groups in total. The van der Waals surface area contributed by atoms with Crippen LogP contribution in [0, 0.1) is 28.6 Å². The summed E-state index contributed by atoms with van der Waals surface area (Å²) in [5.41, 5.74) is 0.161. The predicted octanol–water partition coefficient (Wildman–Crippen LogP) is 2.93. The number of esters is 2. The van der Waals surface area contributed by atoms with E-state index in [1.165, 1.54) is 0 Å². The molecule has 1 spiro atoms. The highest BCUT2D eigenvalue weighted by Crippen LogP contribution is 2.68. The molecule has 29 heavy (non-hydrogen) atoms. The van der Waals surface area contributed by atoms with Crippen molar-refractivity contribution in [1.82, 2.24) is 0 Å². The maximum absolute atomic E-state index is 13.0. The Morgan fingerprint density at radius 2 is 2.03 bits per heavy atom. The van der Waals surface area contributed by atoms with E-state index in [1.807, 2.05) is 6.07 Å². The lowest BCUT2D eigenvalue weighted by Gasteiger charge is -2.60. The summed E-state index contributed by atoms with van der Waals surface area (Å²) in [4.78, 5) is 25.8. The summed E-state index contributed by atoms with van der Waals surface area (Å²) in [6.07, 6.45) is 4.98. The number of hydrogen-bond donors (Lipinski definition) is 0. The van der Waals surface area contributed by atoms with Crippen molar-refractivity contribution in [3.63, 3.8) is 0 Å². The Bertz CT molecular complexity index is 897. The zero-order valence-corrected chi connectivity index (χ0v) is 16.8. The zero-order valence-electron chi connectivity index (χ0n) is 16.0. The monoisotopic (exact) mass is 418 g/mol. The number of hydrogen-bond acceptors (Lipinski definition) is 8. The first kappa shape index (κ1) is 17.7. The summed E-state index contributed by atoms with van der Waals surface area (Å²) in [5, 5.41) is 0.106. The summed E-state index contributed by atoms with van der Waals surface area (Å²) in [6.45, 7) is 2.54. The molecule has 0 amide bonds. The second kappa shape index (κ2) is 5.74. The number of cyclic esters (lactones) is 2. The van der Waals surface area contributed by atoms with Gasteiger partial charge in [0, 0.05) is 23.2 Å². The van der Waals surface area contributed by atoms with Gasteiger partial charge in [-0.15, -0.1) is 0 Å². The van der Waals surface area contributed by atoms with E-state index in [4.69, 9.17) is 35.6 Å². The second-order valence-electron chi connectivity index (χ2n) is 9.38. The van der Waals surface area contributed by atoms with Crippen LogP contribution in [-0.2, 0) is 28.5 Å². The molecule has 0 bridgehead atoms. The van der Waals surface area contributed by atoms with E-state index >= 15 is 0 Å². The first-order valence-corrected chi connectivity index (χ1v) is 10.6. The third-order valence-electron chi connectivity index (χ3n) is 8.27. The van der Waals surface area contributed by atoms with E-state index in [-0.39, 0.29) is 52.0 Å². The van der Waals surface area contributed by atoms with Gasteiger partial charge in [0.05, 0.1) is 25.1 Å². The van der Waals surface area contributed by atoms with Gasteiger partial charge in [0.15, 0.2) is 6.10 Å². The van der Waals surface area contributed by atoms with E-state index in [0.29, 0.717) is 25.9 Å². The maximum Gasteiger partial charge on any atom is 0.353 e. The van der Waals surface area contributed by atoms with Crippen molar-refractivity contribution in [2.45, 2.75) is 50.9 Å². The molecule has 5 aliphatic rings. The minimum absolute atomic E-state index is 0.0678. The van der Waals surface area contributed by atoms with Crippen molar-refractivity contribution in [3.8, 4) is 0 Å². The zero-order chi connectivity index (χ0) is 20.0. The number of fused-ring (bicyclic) bond motifs is 4. The van der Waals surface area contributed by atoms with E-state index in [9.17, 15) is 9.59 Å². The normalized spacial score (nSPS) is 47.7. The average molecular weight is 418 g/mol. The van der Waals surface area contributed by atoms with E-state index < -0.39 is 12.0 Å². The number of carbonyl (C=O) groups excluding carboxylic acids is 2. The quantitative estimate of drug-likeness (QED) is 0.508. The molecule has 4 heterocycles. The molecule has 0 unspecified atom stereocenters. The van der Waals surface area contributed by atoms with Crippen LogP contribution in [-0.4, -0.2) is 36.0 Å². The fraction of sp³-hybridized carbons (Fsp3) is 0.667. The smallest absolute Gasteiger partial charge is 0.353 e. The highest BCUT2D eigenvalue weighted by atomic mass is 32.1. The number of furan rings is 1. The lowest BCUT2D eigenvalue weighted by molar-refractivity contribution is -0.209. The molecular weight excluding hydrogens is 396 g/mol. The van der Waals surface area contributed by atoms with Crippen LogP contribution < -0.4 is 0 Å². The van der Waals surface area contributed by atoms with Crippen molar-refractivity contribution in [2.24, 2.45) is 28.6 Å². The molecule has 1 aromatic rings. The van der Waals surface area contributed by atoms with Gasteiger partial charge >= 0.3 is 17.2 Å². The van der Waals surface area contributed by atoms with Gasteiger partial charge in [0.2, 0.25) is 0 Å². The molecule has 1 aromatic heterocycles. The van der Waals surface area contributed by atoms with Crippen LogP contribution in [0.2, 0.25) is 0 Å². The Kier molecular flexibility index (Phi) is 3.51. The van der Waals surface area contributed by atoms with Gasteiger partial charge in [-0.2, -0.15) is 0 Å². The number of thiocarbonyl (C=S) groups is 1. The van der Waals surface area contributed by atoms with Crippen molar-refractivity contribution in [2.75, 3.05) is 6.61 Å². The molecular formula is C21H22O7S. The van der Waals surface area contributed by atoms with Crippen molar-refractivity contribution >= 4 is 29.4 Å². The Hall–Kier alpha value is -2.09. The predicted molar refractivity (Wildman–Crippen MR) is 100 cm³/mol. The molecule has 2 saturated carbocycles. The molecule has 5 fully saturated rings. The van der Waals surface area contributed by atoms with E-state index in [0.717, 1.165) is 12.0 Å². The first-order valence-electron chi connectivity index (χ1n) is 10.2. The Morgan fingerprint density at radius 1 is 1.17 bits per heavy atom. The van der Waals surface area contributed by atoms with Crippen LogP contribution in [0.1, 0.15) is 44.3 Å². The molecule has 8 heteroatoms. The van der Waals surface area contributed by atoms with Crippen molar-refractivity contribution in [3.05, 3.63) is 24.2 Å². The van der Waals surface area contributed by atoms with Gasteiger partial charge in [0.1, 0.15) is 18.1 Å². The van der Waals surface area contributed by atoms with Crippen LogP contribution in [0.15, 0.2) is 23.0 Å². The van der Waals surface area contributed by atoms with Crippen LogP contribution >= 0.6 is 12.2 Å². The number of carbonyl (C=O) groups is 2. The summed E-state index contributed by atoms with van der Waals surface area (Å²) in [5.74, 6) is -0.941. The lowest BCUT2D eigenvalue weighted by atomic mass is 9.43. The van der Waals surface area contributed by atoms with Gasteiger partial charge in [-0.25, -0.2) is 0 Å². The first-order chi connectivity index (χ1) is 13.9. The van der Waals surface area contributed by atoms with Gasteiger partial charge in [0.25, 0.3) is 0 Å². The fourth-order valence-corrected chi connectivity index (χ4v) is 7.26. The van der Waals surface area contributed by atoms with Crippen LogP contribution in [0.4, 0.5) is 0 Å². The van der Waals surface area contributed by atoms with Crippen molar-refractivity contribution < 1.29 is 33.0 Å². The third kappa shape index (κ3) is 2.21. The molecule has 2 aliphatic carbocycles. The maximum atomic E-state index is 13.0. The highest BCUT2D eigenvalue weighted by molar-refractivity contribution is 7.79. The number of rotatable bonds is 1. The lowest BCUT2D eigenvalue weighted by Crippen LogP contribution is -2.63. The molecule has 0 aromatic carbocycles. The summed E-state index contributed by atoms with van der Waals surface area (Å²) < 4.78 is 28.2. The Morgan fingerprint density at radius 3 is 2.83 bits per heavy atom. The standard InChI is InChI=1S/C21H22O7S/c1-20-7-13(10-3-5-24-8-10)26-17(22)11(20)2-4-21-9-25-18(23)15(21)16-12(6-14(20)21)27-19(29)28-16/h3,5,8,11-16H,2,4,6-7,9H2,1H3/t11-,12-,13+,14+,15-,16-,20-,21-/m0/s1. The molecule has 7 nitrogen and oxygen atoms in total. The Balaban J connectivity index is 1.44. The molecule has 6 rings (SSSR count). The molecule has 154 valence electrons. The SMILES string of the molecule is C[C@]12C[C@H](c3ccoc3)OC(=O)[C@@H]1CC[C@@]13COC(=O)[C@@H]1[C@H]1OC(=S)O[C@H]1C[C@H]23. The molecule has 8 atom stereocenters. The summed E-state index contributed by atoms with van der Waals surface area (Å²) in [6, 6.07) is 1.84.